The Bertz CT molecular complexity index is 1580. The highest BCUT2D eigenvalue weighted by Gasteiger charge is 2.24. The molecule has 0 saturated heterocycles. The van der Waals surface area contributed by atoms with Crippen LogP contribution in [0.4, 0.5) is 0 Å². The fourth-order valence-electron chi connectivity index (χ4n) is 4.68. The van der Waals surface area contributed by atoms with Crippen LogP contribution in [-0.2, 0) is 43.2 Å². The van der Waals surface area contributed by atoms with Gasteiger partial charge in [0, 0.05) is 30.4 Å². The number of nitrogens with zero attached hydrogens (tertiary/aromatic N) is 2. The molecule has 2 aliphatic heterocycles. The Hall–Kier alpha value is -2.49. The van der Waals surface area contributed by atoms with Gasteiger partial charge in [-0.15, -0.1) is 0 Å². The lowest BCUT2D eigenvalue weighted by molar-refractivity contribution is -0.524. The maximum Gasteiger partial charge on any atom is 0.171 e. The third kappa shape index (κ3) is 9.85. The van der Waals surface area contributed by atoms with Crippen LogP contribution in [0.15, 0.2) is 48.5 Å². The van der Waals surface area contributed by atoms with Gasteiger partial charge in [0.2, 0.25) is 0 Å². The van der Waals surface area contributed by atoms with Crippen molar-refractivity contribution in [2.45, 2.75) is 43.1 Å². The third-order valence-electron chi connectivity index (χ3n) is 6.93. The van der Waals surface area contributed by atoms with E-state index in [2.05, 4.69) is 6.07 Å². The van der Waals surface area contributed by atoms with Crippen LogP contribution < -0.4 is 0 Å². The summed E-state index contributed by atoms with van der Waals surface area (Å²) in [7, 11) is -13.8. The van der Waals surface area contributed by atoms with Crippen molar-refractivity contribution in [3.8, 4) is 0 Å². The van der Waals surface area contributed by atoms with Crippen molar-refractivity contribution in [2.75, 3.05) is 31.9 Å². The van der Waals surface area contributed by atoms with Crippen LogP contribution >= 0.6 is 0 Å². The van der Waals surface area contributed by atoms with Crippen LogP contribution in [0.2, 0.25) is 0 Å². The number of benzene rings is 2. The number of hydrogen-bond acceptors (Lipinski definition) is 9. The van der Waals surface area contributed by atoms with Gasteiger partial charge in [0.25, 0.3) is 0 Å². The van der Waals surface area contributed by atoms with Gasteiger partial charge in [0.05, 0.1) is 31.2 Å². The smallest absolute Gasteiger partial charge is 0.171 e. The molecule has 220 valence electrons. The van der Waals surface area contributed by atoms with E-state index in [1.807, 2.05) is 64.0 Å². The molecule has 0 aliphatic carbocycles. The minimum atomic E-state index is -4.83. The molecule has 2 atom stereocenters. The van der Waals surface area contributed by atoms with E-state index < -0.39 is 46.6 Å². The second kappa shape index (κ2) is 13.4. The standard InChI is InChI=1S/C13H17NO6S2.C13H17NO3S/c15-21(16,17)10-13(22(18,19)20)6-8-14-7-5-11-3-1-2-4-12(11)9-14;1-2-13(18(15,16)17)10-14-8-7-11-5-3-4-6-12(11)9-14/h1-4,9,13H,5-8,10H2,(H-,15,16,17,18,19,20);3-6,9,13H,2,7-8,10H2,1H3/p-1. The third-order valence-corrected chi connectivity index (χ3v) is 10.5. The summed E-state index contributed by atoms with van der Waals surface area (Å²) in [5.74, 6) is -1.18. The molecule has 0 saturated carbocycles. The van der Waals surface area contributed by atoms with Crippen LogP contribution in [0, 0.1) is 0 Å². The highest BCUT2D eigenvalue weighted by atomic mass is 32.2. The molecular weight excluding hydrogens is 580 g/mol. The molecule has 11 nitrogen and oxygen atoms in total. The summed E-state index contributed by atoms with van der Waals surface area (Å²) in [4.78, 5) is 0. The minimum absolute atomic E-state index is 0.189. The topological polar surface area (TPSA) is 178 Å². The van der Waals surface area contributed by atoms with E-state index in [0.29, 0.717) is 13.0 Å². The second-order valence-electron chi connectivity index (χ2n) is 9.84. The summed E-state index contributed by atoms with van der Waals surface area (Å²) >= 11 is 0. The maximum absolute atomic E-state index is 11.1. The highest BCUT2D eigenvalue weighted by molar-refractivity contribution is 7.90. The van der Waals surface area contributed by atoms with E-state index >= 15 is 0 Å². The average molecular weight is 614 g/mol. The molecule has 2 aromatic carbocycles. The lowest BCUT2D eigenvalue weighted by atomic mass is 10.0. The van der Waals surface area contributed by atoms with Gasteiger partial charge >= 0.3 is 0 Å². The van der Waals surface area contributed by atoms with Crippen LogP contribution in [-0.4, -0.2) is 103 Å². The highest BCUT2D eigenvalue weighted by Crippen LogP contribution is 2.14. The molecule has 0 radical (unpaired) electrons. The van der Waals surface area contributed by atoms with Gasteiger partial charge in [-0.3, -0.25) is 0 Å². The Balaban J connectivity index is 0.000000225. The fraction of sp³-hybridized carbons (Fsp3) is 0.462. The summed E-state index contributed by atoms with van der Waals surface area (Å²) < 4.78 is 102. The van der Waals surface area contributed by atoms with Crippen molar-refractivity contribution < 1.29 is 48.1 Å². The Morgan fingerprint density at radius 3 is 1.68 bits per heavy atom. The van der Waals surface area contributed by atoms with Gasteiger partial charge in [0.15, 0.2) is 19.0 Å². The molecule has 14 heteroatoms. The minimum Gasteiger partial charge on any atom is -0.748 e. The van der Waals surface area contributed by atoms with Crippen molar-refractivity contribution in [2.24, 2.45) is 0 Å². The van der Waals surface area contributed by atoms with Crippen molar-refractivity contribution in [3.05, 3.63) is 70.8 Å². The first-order chi connectivity index (χ1) is 18.7. The Morgan fingerprint density at radius 2 is 1.20 bits per heavy atom. The summed E-state index contributed by atoms with van der Waals surface area (Å²) in [6, 6.07) is 15.8. The summed E-state index contributed by atoms with van der Waals surface area (Å²) in [5.41, 5.74) is 4.56. The normalized spacial score (nSPS) is 16.8. The first-order valence-corrected chi connectivity index (χ1v) is 17.3. The van der Waals surface area contributed by atoms with Gasteiger partial charge in [0.1, 0.15) is 35.0 Å². The van der Waals surface area contributed by atoms with E-state index in [0.717, 1.165) is 30.5 Å². The average Bonchev–Trinajstić information content (AvgIpc) is 2.88. The Labute approximate surface area is 236 Å². The van der Waals surface area contributed by atoms with Gasteiger partial charge in [-0.05, 0) is 29.7 Å². The summed E-state index contributed by atoms with van der Waals surface area (Å²) in [6.07, 6.45) is 5.64. The summed E-state index contributed by atoms with van der Waals surface area (Å²) in [6.45, 7) is 3.64. The Morgan fingerprint density at radius 1 is 0.725 bits per heavy atom. The molecule has 0 fully saturated rings. The first-order valence-electron chi connectivity index (χ1n) is 12.8. The molecule has 0 spiro atoms. The molecule has 40 heavy (non-hydrogen) atoms. The fourth-order valence-corrected chi connectivity index (χ4v) is 7.65. The first kappa shape index (κ1) is 32.0. The zero-order valence-electron chi connectivity index (χ0n) is 22.1. The molecule has 0 bridgehead atoms. The maximum atomic E-state index is 11.1. The van der Waals surface area contributed by atoms with E-state index in [1.54, 1.807) is 6.92 Å². The quantitative estimate of drug-likeness (QED) is 0.273. The Kier molecular flexibility index (Phi) is 10.8. The van der Waals surface area contributed by atoms with Gasteiger partial charge in [-0.25, -0.2) is 34.4 Å². The molecule has 0 N–H and O–H groups in total. The molecule has 2 aromatic rings. The van der Waals surface area contributed by atoms with Gasteiger partial charge in [-0.2, -0.15) is 0 Å². The van der Waals surface area contributed by atoms with Crippen molar-refractivity contribution in [1.29, 1.82) is 0 Å². The molecule has 2 unspecified atom stereocenters. The van der Waals surface area contributed by atoms with Crippen LogP contribution in [0.3, 0.4) is 0 Å². The van der Waals surface area contributed by atoms with Gasteiger partial charge in [-0.1, -0.05) is 43.3 Å². The monoisotopic (exact) mass is 613 g/mol. The molecule has 0 aromatic heterocycles. The molecule has 0 amide bonds. The number of fused-ring (bicyclic) bond motifs is 2. The molecule has 4 rings (SSSR count). The predicted molar refractivity (Wildman–Crippen MR) is 147 cm³/mol. The van der Waals surface area contributed by atoms with Crippen molar-refractivity contribution >= 4 is 42.8 Å². The van der Waals surface area contributed by atoms with E-state index in [-0.39, 0.29) is 19.5 Å². The lowest BCUT2D eigenvalue weighted by Crippen LogP contribution is -2.34. The number of rotatable bonds is 10. The SMILES string of the molecule is CCC(C[N+]1=Cc2ccccc2CC1)S(=O)(=O)[O-].O=S(=O)([O-])CC(CC[N+]1=Cc2ccccc2CC1)S(=O)(=O)[O-]. The van der Waals surface area contributed by atoms with E-state index in [4.69, 9.17) is 0 Å². The lowest BCUT2D eigenvalue weighted by Gasteiger charge is -2.21. The van der Waals surface area contributed by atoms with Crippen LogP contribution in [0.5, 0.6) is 0 Å². The predicted octanol–water partition coefficient (Wildman–Crippen LogP) is 0.521. The van der Waals surface area contributed by atoms with Gasteiger partial charge < -0.3 is 13.7 Å². The summed E-state index contributed by atoms with van der Waals surface area (Å²) in [5, 5.41) is -2.53. The zero-order chi connectivity index (χ0) is 29.6. The largest absolute Gasteiger partial charge is 0.748 e. The molecular formula is C26H33N2O9S3-. The van der Waals surface area contributed by atoms with E-state index in [1.165, 1.54) is 11.1 Å². The number of hydrogen-bond donors (Lipinski definition) is 0. The second-order valence-corrected chi connectivity index (χ2v) is 14.6. The zero-order valence-corrected chi connectivity index (χ0v) is 24.5. The molecule has 2 heterocycles. The van der Waals surface area contributed by atoms with E-state index in [9.17, 15) is 38.9 Å². The van der Waals surface area contributed by atoms with Crippen LogP contribution in [0.25, 0.3) is 0 Å². The van der Waals surface area contributed by atoms with Crippen molar-refractivity contribution in [1.82, 2.24) is 0 Å². The van der Waals surface area contributed by atoms with Crippen molar-refractivity contribution in [3.63, 3.8) is 0 Å². The molecule has 2 aliphatic rings. The van der Waals surface area contributed by atoms with Crippen LogP contribution in [0.1, 0.15) is 42.0 Å².